The summed E-state index contributed by atoms with van der Waals surface area (Å²) in [6.45, 7) is 5.06. The van der Waals surface area contributed by atoms with E-state index in [1.165, 1.54) is 16.7 Å². The van der Waals surface area contributed by atoms with Crippen LogP contribution >= 0.6 is 0 Å². The van der Waals surface area contributed by atoms with E-state index in [0.29, 0.717) is 0 Å². The van der Waals surface area contributed by atoms with Gasteiger partial charge in [0.25, 0.3) is 0 Å². The summed E-state index contributed by atoms with van der Waals surface area (Å²) in [5.74, 6) is 0.918. The first-order valence-electron chi connectivity index (χ1n) is 5.44. The summed E-state index contributed by atoms with van der Waals surface area (Å²) in [7, 11) is 1.92. The second-order valence-electron chi connectivity index (χ2n) is 4.22. The molecular weight excluding hydrogens is 198 g/mol. The van der Waals surface area contributed by atoms with Crippen molar-refractivity contribution in [1.29, 1.82) is 0 Å². The van der Waals surface area contributed by atoms with E-state index >= 15 is 0 Å². The monoisotopic (exact) mass is 215 g/mol. The van der Waals surface area contributed by atoms with Crippen LogP contribution in [-0.2, 0) is 13.6 Å². The van der Waals surface area contributed by atoms with Gasteiger partial charge >= 0.3 is 0 Å². The van der Waals surface area contributed by atoms with Crippen molar-refractivity contribution in [2.75, 3.05) is 5.32 Å². The molecule has 0 aliphatic heterocycles. The molecule has 0 aliphatic rings. The highest BCUT2D eigenvalue weighted by Gasteiger charge is 1.98. The third-order valence-electron chi connectivity index (χ3n) is 2.47. The topological polar surface area (TPSA) is 29.9 Å². The minimum absolute atomic E-state index is 0.819. The molecule has 1 N–H and O–H groups in total. The molecule has 0 spiro atoms. The zero-order chi connectivity index (χ0) is 11.5. The SMILES string of the molecule is Cc1cc(C)cc(CNc2ccn(C)n2)c1. The first kappa shape index (κ1) is 10.7. The van der Waals surface area contributed by atoms with Gasteiger partial charge < -0.3 is 5.32 Å². The van der Waals surface area contributed by atoms with Crippen molar-refractivity contribution in [2.45, 2.75) is 20.4 Å². The molecule has 16 heavy (non-hydrogen) atoms. The molecule has 0 fully saturated rings. The number of nitrogens with one attached hydrogen (secondary N) is 1. The summed E-state index contributed by atoms with van der Waals surface area (Å²) in [4.78, 5) is 0. The van der Waals surface area contributed by atoms with Gasteiger partial charge in [0.15, 0.2) is 0 Å². The zero-order valence-electron chi connectivity index (χ0n) is 9.99. The van der Waals surface area contributed by atoms with Crippen molar-refractivity contribution < 1.29 is 0 Å². The second kappa shape index (κ2) is 4.39. The maximum Gasteiger partial charge on any atom is 0.148 e. The normalized spacial score (nSPS) is 10.4. The average Bonchev–Trinajstić information content (AvgIpc) is 2.60. The van der Waals surface area contributed by atoms with Crippen LogP contribution in [0.5, 0.6) is 0 Å². The van der Waals surface area contributed by atoms with Crippen LogP contribution in [0.2, 0.25) is 0 Å². The maximum absolute atomic E-state index is 4.28. The molecular formula is C13H17N3. The molecule has 2 aromatic rings. The first-order chi connectivity index (χ1) is 7.63. The van der Waals surface area contributed by atoms with Crippen LogP contribution in [0.1, 0.15) is 16.7 Å². The minimum atomic E-state index is 0.819. The molecule has 0 saturated carbocycles. The highest BCUT2D eigenvalue weighted by Crippen LogP contribution is 2.10. The number of aryl methyl sites for hydroxylation is 3. The molecule has 0 bridgehead atoms. The average molecular weight is 215 g/mol. The van der Waals surface area contributed by atoms with Crippen molar-refractivity contribution in [3.8, 4) is 0 Å². The summed E-state index contributed by atoms with van der Waals surface area (Å²) >= 11 is 0. The van der Waals surface area contributed by atoms with Gasteiger partial charge in [-0.15, -0.1) is 0 Å². The summed E-state index contributed by atoms with van der Waals surface area (Å²) in [5.41, 5.74) is 3.90. The predicted molar refractivity (Wildman–Crippen MR) is 66.5 cm³/mol. The van der Waals surface area contributed by atoms with Crippen molar-refractivity contribution >= 4 is 5.82 Å². The van der Waals surface area contributed by atoms with Gasteiger partial charge in [0, 0.05) is 25.9 Å². The highest BCUT2D eigenvalue weighted by molar-refractivity contribution is 5.36. The third kappa shape index (κ3) is 2.63. The van der Waals surface area contributed by atoms with Crippen molar-refractivity contribution in [3.05, 3.63) is 47.2 Å². The number of anilines is 1. The predicted octanol–water partition coefficient (Wildman–Crippen LogP) is 2.65. The lowest BCUT2D eigenvalue weighted by atomic mass is 10.1. The van der Waals surface area contributed by atoms with Gasteiger partial charge in [-0.25, -0.2) is 0 Å². The number of benzene rings is 1. The summed E-state index contributed by atoms with van der Waals surface area (Å²) in [5, 5.41) is 7.58. The molecule has 0 atom stereocenters. The van der Waals surface area contributed by atoms with E-state index in [9.17, 15) is 0 Å². The van der Waals surface area contributed by atoms with Gasteiger partial charge in [0.05, 0.1) is 0 Å². The van der Waals surface area contributed by atoms with Crippen LogP contribution < -0.4 is 5.32 Å². The maximum atomic E-state index is 4.28. The quantitative estimate of drug-likeness (QED) is 0.853. The van der Waals surface area contributed by atoms with E-state index in [4.69, 9.17) is 0 Å². The Kier molecular flexibility index (Phi) is 2.95. The Balaban J connectivity index is 2.04. The van der Waals surface area contributed by atoms with Gasteiger partial charge in [-0.2, -0.15) is 5.10 Å². The Hall–Kier alpha value is -1.77. The van der Waals surface area contributed by atoms with E-state index in [-0.39, 0.29) is 0 Å². The molecule has 84 valence electrons. The smallest absolute Gasteiger partial charge is 0.148 e. The molecule has 0 amide bonds. The number of hydrogen-bond donors (Lipinski definition) is 1. The van der Waals surface area contributed by atoms with Crippen LogP contribution in [0.25, 0.3) is 0 Å². The van der Waals surface area contributed by atoms with E-state index in [2.05, 4.69) is 42.5 Å². The molecule has 1 aromatic carbocycles. The molecule has 0 unspecified atom stereocenters. The van der Waals surface area contributed by atoms with Gasteiger partial charge in [0.1, 0.15) is 5.82 Å². The van der Waals surface area contributed by atoms with Crippen LogP contribution in [-0.4, -0.2) is 9.78 Å². The van der Waals surface area contributed by atoms with Crippen molar-refractivity contribution in [1.82, 2.24) is 9.78 Å². The molecule has 1 heterocycles. The minimum Gasteiger partial charge on any atom is -0.365 e. The van der Waals surface area contributed by atoms with E-state index in [1.807, 2.05) is 19.3 Å². The standard InChI is InChI=1S/C13H17N3/c1-10-6-11(2)8-12(7-10)9-14-13-4-5-16(3)15-13/h4-8H,9H2,1-3H3,(H,14,15). The number of rotatable bonds is 3. The van der Waals surface area contributed by atoms with E-state index in [1.54, 1.807) is 4.68 Å². The molecule has 0 saturated heterocycles. The van der Waals surface area contributed by atoms with E-state index in [0.717, 1.165) is 12.4 Å². The summed E-state index contributed by atoms with van der Waals surface area (Å²) < 4.78 is 1.80. The Morgan fingerprint density at radius 2 is 1.88 bits per heavy atom. The lowest BCUT2D eigenvalue weighted by Crippen LogP contribution is -2.01. The van der Waals surface area contributed by atoms with Crippen LogP contribution in [0.3, 0.4) is 0 Å². The molecule has 3 nitrogen and oxygen atoms in total. The molecule has 0 aliphatic carbocycles. The Bertz CT molecular complexity index is 465. The van der Waals surface area contributed by atoms with Crippen molar-refractivity contribution in [2.24, 2.45) is 7.05 Å². The van der Waals surface area contributed by atoms with Gasteiger partial charge in [-0.05, 0) is 19.4 Å². The molecule has 1 aromatic heterocycles. The second-order valence-corrected chi connectivity index (χ2v) is 4.22. The van der Waals surface area contributed by atoms with Crippen LogP contribution in [0.15, 0.2) is 30.5 Å². The fourth-order valence-corrected chi connectivity index (χ4v) is 1.87. The highest BCUT2D eigenvalue weighted by atomic mass is 15.3. The fourth-order valence-electron chi connectivity index (χ4n) is 1.87. The van der Waals surface area contributed by atoms with E-state index < -0.39 is 0 Å². The summed E-state index contributed by atoms with van der Waals surface area (Å²) in [6, 6.07) is 8.55. The van der Waals surface area contributed by atoms with Crippen LogP contribution in [0, 0.1) is 13.8 Å². The first-order valence-corrected chi connectivity index (χ1v) is 5.44. The van der Waals surface area contributed by atoms with Crippen LogP contribution in [0.4, 0.5) is 5.82 Å². The third-order valence-corrected chi connectivity index (χ3v) is 2.47. The summed E-state index contributed by atoms with van der Waals surface area (Å²) in [6.07, 6.45) is 1.93. The number of hydrogen-bond acceptors (Lipinski definition) is 2. The lowest BCUT2D eigenvalue weighted by molar-refractivity contribution is 0.768. The van der Waals surface area contributed by atoms with Gasteiger partial charge in [-0.1, -0.05) is 29.3 Å². The molecule has 0 radical (unpaired) electrons. The fraction of sp³-hybridized carbons (Fsp3) is 0.308. The number of nitrogens with zero attached hydrogens (tertiary/aromatic N) is 2. The Morgan fingerprint density at radius 1 is 1.19 bits per heavy atom. The molecule has 2 rings (SSSR count). The zero-order valence-corrected chi connectivity index (χ0v) is 9.99. The Morgan fingerprint density at radius 3 is 2.44 bits per heavy atom. The number of aromatic nitrogens is 2. The lowest BCUT2D eigenvalue weighted by Gasteiger charge is -2.06. The van der Waals surface area contributed by atoms with Crippen molar-refractivity contribution in [3.63, 3.8) is 0 Å². The molecule has 3 heteroatoms. The Labute approximate surface area is 96.1 Å². The largest absolute Gasteiger partial charge is 0.365 e. The van der Waals surface area contributed by atoms with Gasteiger partial charge in [0.2, 0.25) is 0 Å². The van der Waals surface area contributed by atoms with Gasteiger partial charge in [-0.3, -0.25) is 4.68 Å².